The largest absolute Gasteiger partial charge is 0.478 e. The van der Waals surface area contributed by atoms with E-state index >= 15 is 0 Å². The number of halogens is 2. The van der Waals surface area contributed by atoms with Gasteiger partial charge in [0.15, 0.2) is 11.6 Å². The molecule has 1 aromatic rings. The van der Waals surface area contributed by atoms with Crippen LogP contribution in [0.2, 0.25) is 0 Å². The lowest BCUT2D eigenvalue weighted by Crippen LogP contribution is -2.63. The molecule has 0 aliphatic carbocycles. The van der Waals surface area contributed by atoms with Crippen LogP contribution in [-0.2, 0) is 0 Å². The molecule has 5 nitrogen and oxygen atoms in total. The molecular formula is C11H12F2N2O3. The number of carboxylic acid groups (broad SMARTS) is 1. The number of nitrogens with one attached hydrogen (secondary N) is 2. The number of aliphatic hydroxyl groups is 1. The zero-order chi connectivity index (χ0) is 13.3. The van der Waals surface area contributed by atoms with Crippen LogP contribution in [0.5, 0.6) is 0 Å². The van der Waals surface area contributed by atoms with Gasteiger partial charge in [0.1, 0.15) is 5.60 Å². The van der Waals surface area contributed by atoms with Gasteiger partial charge in [-0.1, -0.05) is 0 Å². The predicted octanol–water partition coefficient (Wildman–Crippen LogP) is 0.409. The Morgan fingerprint density at radius 3 is 2.56 bits per heavy atom. The first-order valence-electron chi connectivity index (χ1n) is 5.31. The highest BCUT2D eigenvalue weighted by Crippen LogP contribution is 2.22. The summed E-state index contributed by atoms with van der Waals surface area (Å²) in [4.78, 5) is 10.6. The summed E-state index contributed by atoms with van der Waals surface area (Å²) in [6.07, 6.45) is 0. The highest BCUT2D eigenvalue weighted by Gasteiger charge is 2.34. The zero-order valence-electron chi connectivity index (χ0n) is 9.33. The Balaban J connectivity index is 2.14. The van der Waals surface area contributed by atoms with Crippen LogP contribution in [0.15, 0.2) is 12.1 Å². The molecule has 1 aliphatic rings. The van der Waals surface area contributed by atoms with Gasteiger partial charge < -0.3 is 20.8 Å². The summed E-state index contributed by atoms with van der Waals surface area (Å²) < 4.78 is 26.9. The average molecular weight is 258 g/mol. The quantitative estimate of drug-likeness (QED) is 0.629. The molecule has 7 heteroatoms. The predicted molar refractivity (Wildman–Crippen MR) is 59.6 cm³/mol. The molecule has 0 amide bonds. The van der Waals surface area contributed by atoms with Crippen molar-refractivity contribution in [1.29, 1.82) is 0 Å². The van der Waals surface area contributed by atoms with Crippen molar-refractivity contribution in [2.24, 2.45) is 0 Å². The number of carbonyl (C=O) groups is 1. The minimum Gasteiger partial charge on any atom is -0.478 e. The summed E-state index contributed by atoms with van der Waals surface area (Å²) in [5, 5.41) is 23.8. The maximum Gasteiger partial charge on any atom is 0.338 e. The first-order chi connectivity index (χ1) is 8.43. The molecule has 0 aromatic heterocycles. The minimum atomic E-state index is -1.53. The minimum absolute atomic E-state index is 0.0583. The van der Waals surface area contributed by atoms with Crippen LogP contribution in [-0.4, -0.2) is 41.4 Å². The van der Waals surface area contributed by atoms with E-state index in [4.69, 9.17) is 5.11 Å². The normalized spacial score (nSPS) is 17.1. The van der Waals surface area contributed by atoms with Gasteiger partial charge >= 0.3 is 5.97 Å². The van der Waals surface area contributed by atoms with Crippen molar-refractivity contribution < 1.29 is 23.8 Å². The molecule has 0 spiro atoms. The highest BCUT2D eigenvalue weighted by molar-refractivity contribution is 5.88. The summed E-state index contributed by atoms with van der Waals surface area (Å²) in [5.41, 5.74) is -1.87. The fraction of sp³-hybridized carbons (Fsp3) is 0.364. The van der Waals surface area contributed by atoms with Gasteiger partial charge in [-0.05, 0) is 12.1 Å². The molecule has 4 N–H and O–H groups in total. The van der Waals surface area contributed by atoms with Crippen LogP contribution in [0.25, 0.3) is 0 Å². The van der Waals surface area contributed by atoms with Crippen molar-refractivity contribution in [1.82, 2.24) is 5.32 Å². The fourth-order valence-electron chi connectivity index (χ4n) is 1.65. The molecule has 18 heavy (non-hydrogen) atoms. The number of aromatic carboxylic acids is 1. The van der Waals surface area contributed by atoms with Crippen molar-refractivity contribution >= 4 is 11.7 Å². The smallest absolute Gasteiger partial charge is 0.338 e. The van der Waals surface area contributed by atoms with Crippen LogP contribution in [0.4, 0.5) is 14.5 Å². The molecule has 1 aromatic carbocycles. The van der Waals surface area contributed by atoms with Crippen molar-refractivity contribution in [2.45, 2.75) is 5.60 Å². The molecule has 98 valence electrons. The third-order valence-electron chi connectivity index (χ3n) is 2.83. The summed E-state index contributed by atoms with van der Waals surface area (Å²) >= 11 is 0. The van der Waals surface area contributed by atoms with E-state index in [9.17, 15) is 18.7 Å². The average Bonchev–Trinajstić information content (AvgIpc) is 2.28. The third kappa shape index (κ3) is 2.27. The van der Waals surface area contributed by atoms with E-state index in [1.165, 1.54) is 0 Å². The van der Waals surface area contributed by atoms with Crippen molar-refractivity contribution in [2.75, 3.05) is 25.0 Å². The number of anilines is 1. The number of carboxylic acids is 1. The second kappa shape index (κ2) is 4.51. The Morgan fingerprint density at radius 2 is 2.06 bits per heavy atom. The zero-order valence-corrected chi connectivity index (χ0v) is 9.33. The van der Waals surface area contributed by atoms with Crippen LogP contribution >= 0.6 is 0 Å². The molecule has 0 unspecified atom stereocenters. The van der Waals surface area contributed by atoms with Gasteiger partial charge in [-0.3, -0.25) is 0 Å². The van der Waals surface area contributed by atoms with Gasteiger partial charge in [-0.25, -0.2) is 13.6 Å². The van der Waals surface area contributed by atoms with Crippen molar-refractivity contribution in [3.63, 3.8) is 0 Å². The van der Waals surface area contributed by atoms with Crippen LogP contribution in [0.1, 0.15) is 10.4 Å². The van der Waals surface area contributed by atoms with Gasteiger partial charge in [-0.15, -0.1) is 0 Å². The van der Waals surface area contributed by atoms with Gasteiger partial charge in [-0.2, -0.15) is 0 Å². The Hall–Kier alpha value is -1.73. The van der Waals surface area contributed by atoms with Gasteiger partial charge in [0, 0.05) is 19.6 Å². The topological polar surface area (TPSA) is 81.6 Å². The molecule has 1 heterocycles. The number of β-amino-alcohol motifs (C(OH)–C–C–N with tert-alkyl or cyclic N) is 1. The summed E-state index contributed by atoms with van der Waals surface area (Å²) in [6.45, 7) is 0.803. The van der Waals surface area contributed by atoms with E-state index in [1.807, 2.05) is 0 Å². The third-order valence-corrected chi connectivity index (χ3v) is 2.83. The van der Waals surface area contributed by atoms with E-state index in [0.717, 1.165) is 12.1 Å². The first kappa shape index (κ1) is 12.7. The molecule has 0 bridgehead atoms. The highest BCUT2D eigenvalue weighted by atomic mass is 19.2. The van der Waals surface area contributed by atoms with Gasteiger partial charge in [0.25, 0.3) is 0 Å². The van der Waals surface area contributed by atoms with E-state index < -0.39 is 28.8 Å². The van der Waals surface area contributed by atoms with Crippen molar-refractivity contribution in [3.05, 3.63) is 29.3 Å². The summed E-state index contributed by atoms with van der Waals surface area (Å²) in [7, 11) is 0. The lowest BCUT2D eigenvalue weighted by molar-refractivity contribution is 0.00306. The van der Waals surface area contributed by atoms with Gasteiger partial charge in [0.2, 0.25) is 0 Å². The molecular weight excluding hydrogens is 246 g/mol. The van der Waals surface area contributed by atoms with E-state index in [0.29, 0.717) is 13.1 Å². The summed E-state index contributed by atoms with van der Waals surface area (Å²) in [6, 6.07) is 2.11. The Labute approximate surface area is 101 Å². The molecule has 1 saturated heterocycles. The maximum absolute atomic E-state index is 13.5. The number of rotatable bonds is 4. The number of benzene rings is 1. The van der Waals surface area contributed by atoms with Crippen molar-refractivity contribution in [3.8, 4) is 0 Å². The lowest BCUT2D eigenvalue weighted by Gasteiger charge is -2.37. The van der Waals surface area contributed by atoms with Gasteiger partial charge in [0.05, 0.1) is 11.3 Å². The molecule has 1 aliphatic heterocycles. The monoisotopic (exact) mass is 258 g/mol. The molecule has 0 radical (unpaired) electrons. The molecule has 0 atom stereocenters. The molecule has 0 saturated carbocycles. The van der Waals surface area contributed by atoms with E-state index in [1.54, 1.807) is 0 Å². The SMILES string of the molecule is O=C(O)c1ccc(NCC2(O)CNC2)c(F)c1F. The van der Waals surface area contributed by atoms with E-state index in [-0.39, 0.29) is 12.2 Å². The van der Waals surface area contributed by atoms with E-state index in [2.05, 4.69) is 10.6 Å². The Kier molecular flexibility index (Phi) is 3.18. The first-order valence-corrected chi connectivity index (χ1v) is 5.31. The number of hydrogen-bond donors (Lipinski definition) is 4. The maximum atomic E-state index is 13.5. The van der Waals surface area contributed by atoms with Crippen LogP contribution in [0, 0.1) is 11.6 Å². The second-order valence-corrected chi connectivity index (χ2v) is 4.28. The molecule has 2 rings (SSSR count). The second-order valence-electron chi connectivity index (χ2n) is 4.28. The van der Waals surface area contributed by atoms with Crippen LogP contribution < -0.4 is 10.6 Å². The Bertz CT molecular complexity index is 489. The Morgan fingerprint density at radius 1 is 1.39 bits per heavy atom. The number of hydrogen-bond acceptors (Lipinski definition) is 4. The molecule has 1 fully saturated rings. The van der Waals surface area contributed by atoms with Crippen LogP contribution in [0.3, 0.4) is 0 Å². The fourth-order valence-corrected chi connectivity index (χ4v) is 1.65. The standard InChI is InChI=1S/C11H12F2N2O3/c12-8-6(10(16)17)1-2-7(9(8)13)15-5-11(18)3-14-4-11/h1-2,14-15,18H,3-5H2,(H,16,17). The lowest BCUT2D eigenvalue weighted by atomic mass is 9.97. The summed E-state index contributed by atoms with van der Waals surface area (Å²) in [5.74, 6) is -4.20.